The van der Waals surface area contributed by atoms with Crippen LogP contribution in [0, 0.1) is 0 Å². The molecule has 1 aromatic heterocycles. The number of rotatable bonds is 5. The maximum Gasteiger partial charge on any atom is 0.205 e. The maximum absolute atomic E-state index is 10.2. The Labute approximate surface area is 148 Å². The van der Waals surface area contributed by atoms with Crippen LogP contribution in [-0.4, -0.2) is 22.6 Å². The number of phenols is 1. The van der Waals surface area contributed by atoms with Crippen molar-refractivity contribution in [2.45, 2.75) is 4.90 Å². The van der Waals surface area contributed by atoms with Crippen LogP contribution in [-0.2, 0) is 0 Å². The third kappa shape index (κ3) is 3.87. The summed E-state index contributed by atoms with van der Waals surface area (Å²) in [6.07, 6.45) is 3.59. The first-order valence-corrected chi connectivity index (χ1v) is 9.23. The number of nitrogens with one attached hydrogen (secondary N) is 1. The number of thiazole rings is 1. The van der Waals surface area contributed by atoms with E-state index in [0.717, 1.165) is 11.1 Å². The summed E-state index contributed by atoms with van der Waals surface area (Å²) in [6.45, 7) is 0. The Kier molecular flexibility index (Phi) is 5.02. The first-order chi connectivity index (χ1) is 11.7. The lowest BCUT2D eigenvalue weighted by molar-refractivity contribution is 0.474. The van der Waals surface area contributed by atoms with Gasteiger partial charge in [-0.15, -0.1) is 23.1 Å². The largest absolute Gasteiger partial charge is 0.507 e. The highest BCUT2D eigenvalue weighted by Gasteiger charge is 2.04. The molecule has 0 radical (unpaired) electrons. The minimum Gasteiger partial charge on any atom is -0.507 e. The van der Waals surface area contributed by atoms with Crippen LogP contribution in [0.1, 0.15) is 5.56 Å². The molecule has 0 aliphatic heterocycles. The second-order valence-corrected chi connectivity index (χ2v) is 6.69. The number of hydrazone groups is 1. The van der Waals surface area contributed by atoms with Crippen molar-refractivity contribution < 1.29 is 5.11 Å². The number of nitrogens with two attached hydrogens (primary N) is 1. The monoisotopic (exact) mass is 356 g/mol. The highest BCUT2D eigenvalue weighted by atomic mass is 32.2. The predicted molar refractivity (Wildman–Crippen MR) is 103 cm³/mol. The molecule has 0 bridgehead atoms. The number of thioether (sulfide) groups is 1. The summed E-state index contributed by atoms with van der Waals surface area (Å²) in [5.41, 5.74) is 11.0. The average molecular weight is 356 g/mol. The van der Waals surface area contributed by atoms with Crippen molar-refractivity contribution in [3.05, 3.63) is 53.4 Å². The molecule has 7 heteroatoms. The van der Waals surface area contributed by atoms with Crippen molar-refractivity contribution in [1.29, 1.82) is 0 Å². The van der Waals surface area contributed by atoms with Crippen LogP contribution in [0.3, 0.4) is 0 Å². The van der Waals surface area contributed by atoms with E-state index in [4.69, 9.17) is 5.73 Å². The molecule has 2 aromatic carbocycles. The zero-order chi connectivity index (χ0) is 16.9. The van der Waals surface area contributed by atoms with Gasteiger partial charge in [0.1, 0.15) is 11.6 Å². The summed E-state index contributed by atoms with van der Waals surface area (Å²) in [6, 6.07) is 13.7. The van der Waals surface area contributed by atoms with E-state index in [-0.39, 0.29) is 5.75 Å². The van der Waals surface area contributed by atoms with Crippen LogP contribution in [0.4, 0.5) is 10.9 Å². The van der Waals surface area contributed by atoms with Crippen molar-refractivity contribution in [2.24, 2.45) is 5.10 Å². The number of nitrogens with zero attached hydrogens (tertiary/aromatic N) is 2. The van der Waals surface area contributed by atoms with E-state index in [0.29, 0.717) is 16.5 Å². The maximum atomic E-state index is 10.2. The molecule has 0 aliphatic carbocycles. The van der Waals surface area contributed by atoms with Gasteiger partial charge >= 0.3 is 0 Å². The summed E-state index contributed by atoms with van der Waals surface area (Å²) in [4.78, 5) is 5.25. The van der Waals surface area contributed by atoms with Gasteiger partial charge in [-0.25, -0.2) is 4.98 Å². The van der Waals surface area contributed by atoms with E-state index in [1.807, 2.05) is 30.5 Å². The van der Waals surface area contributed by atoms with E-state index >= 15 is 0 Å². The molecule has 5 nitrogen and oxygen atoms in total. The summed E-state index contributed by atoms with van der Waals surface area (Å²) in [7, 11) is 0. The molecule has 0 aliphatic rings. The Morgan fingerprint density at radius 3 is 2.58 bits per heavy atom. The fraction of sp³-hybridized carbons (Fsp3) is 0.0588. The molecule has 3 rings (SSSR count). The number of aromatic hydroxyl groups is 1. The van der Waals surface area contributed by atoms with Crippen molar-refractivity contribution >= 4 is 40.3 Å². The van der Waals surface area contributed by atoms with E-state index in [1.165, 1.54) is 16.2 Å². The molecular formula is C17H16N4OS2. The Bertz CT molecular complexity index is 859. The van der Waals surface area contributed by atoms with Gasteiger partial charge < -0.3 is 10.8 Å². The number of hydrogen-bond acceptors (Lipinski definition) is 7. The molecule has 0 fully saturated rings. The van der Waals surface area contributed by atoms with Crippen LogP contribution in [0.5, 0.6) is 5.75 Å². The number of phenolic OH excluding ortho intramolecular Hbond substituents is 1. The van der Waals surface area contributed by atoms with Crippen LogP contribution < -0.4 is 11.2 Å². The minimum atomic E-state index is 0.172. The van der Waals surface area contributed by atoms with Crippen LogP contribution in [0.25, 0.3) is 11.1 Å². The molecule has 3 aromatic rings. The van der Waals surface area contributed by atoms with E-state index in [2.05, 4.69) is 27.6 Å². The number of benzene rings is 2. The lowest BCUT2D eigenvalue weighted by atomic mass is 10.0. The lowest BCUT2D eigenvalue weighted by Crippen LogP contribution is -1.92. The summed E-state index contributed by atoms with van der Waals surface area (Å²) in [5.74, 6) is 0.628. The summed E-state index contributed by atoms with van der Waals surface area (Å²) in [5, 5.41) is 16.6. The summed E-state index contributed by atoms with van der Waals surface area (Å²) < 4.78 is 0. The second kappa shape index (κ2) is 7.37. The zero-order valence-corrected chi connectivity index (χ0v) is 14.6. The Morgan fingerprint density at radius 1 is 1.21 bits per heavy atom. The highest BCUT2D eigenvalue weighted by molar-refractivity contribution is 7.98. The topological polar surface area (TPSA) is 83.5 Å². The molecule has 0 amide bonds. The van der Waals surface area contributed by atoms with Gasteiger partial charge in [0.25, 0.3) is 0 Å². The molecular weight excluding hydrogens is 340 g/mol. The molecule has 0 unspecified atom stereocenters. The van der Waals surface area contributed by atoms with Crippen molar-refractivity contribution in [3.63, 3.8) is 0 Å². The van der Waals surface area contributed by atoms with E-state index < -0.39 is 0 Å². The van der Waals surface area contributed by atoms with Gasteiger partial charge in [-0.1, -0.05) is 18.2 Å². The standard InChI is InChI=1S/C17H16N4OS2/c1-23-14-6-4-11(5-7-14)12-2-3-13(15(22)8-12)9-19-21-17-20-16(18)10-24-17/h2-10,22H,18H2,1H3,(H,20,21). The number of anilines is 2. The van der Waals surface area contributed by atoms with Gasteiger partial charge in [-0.05, 0) is 41.6 Å². The van der Waals surface area contributed by atoms with Crippen LogP contribution >= 0.6 is 23.1 Å². The Morgan fingerprint density at radius 2 is 1.96 bits per heavy atom. The molecule has 4 N–H and O–H groups in total. The van der Waals surface area contributed by atoms with Gasteiger partial charge in [-0.3, -0.25) is 5.43 Å². The Balaban J connectivity index is 1.74. The number of hydrogen-bond donors (Lipinski definition) is 3. The molecule has 122 valence electrons. The smallest absolute Gasteiger partial charge is 0.205 e. The fourth-order valence-corrected chi connectivity index (χ4v) is 3.07. The quantitative estimate of drug-likeness (QED) is 0.361. The van der Waals surface area contributed by atoms with Gasteiger partial charge in [-0.2, -0.15) is 5.10 Å². The molecule has 0 spiro atoms. The third-order valence-electron chi connectivity index (χ3n) is 3.34. The van der Waals surface area contributed by atoms with E-state index in [1.54, 1.807) is 29.4 Å². The lowest BCUT2D eigenvalue weighted by Gasteiger charge is -2.05. The number of aromatic nitrogens is 1. The average Bonchev–Trinajstić information content (AvgIpc) is 3.02. The second-order valence-electron chi connectivity index (χ2n) is 4.95. The van der Waals surface area contributed by atoms with Crippen molar-refractivity contribution in [2.75, 3.05) is 17.4 Å². The van der Waals surface area contributed by atoms with Gasteiger partial charge in [0.15, 0.2) is 0 Å². The SMILES string of the molecule is CSc1ccc(-c2ccc(C=NNc3nc(N)cs3)c(O)c2)cc1. The fourth-order valence-electron chi connectivity index (χ4n) is 2.11. The van der Waals surface area contributed by atoms with Crippen molar-refractivity contribution in [3.8, 4) is 16.9 Å². The van der Waals surface area contributed by atoms with Crippen molar-refractivity contribution in [1.82, 2.24) is 4.98 Å². The van der Waals surface area contributed by atoms with Crippen LogP contribution in [0.2, 0.25) is 0 Å². The Hall–Kier alpha value is -2.51. The zero-order valence-electron chi connectivity index (χ0n) is 12.9. The molecule has 1 heterocycles. The highest BCUT2D eigenvalue weighted by Crippen LogP contribution is 2.27. The number of nitrogen functional groups attached to an aromatic ring is 1. The first-order valence-electron chi connectivity index (χ1n) is 7.13. The predicted octanol–water partition coefficient (Wildman–Crippen LogP) is 4.27. The third-order valence-corrected chi connectivity index (χ3v) is 4.85. The summed E-state index contributed by atoms with van der Waals surface area (Å²) >= 11 is 3.07. The van der Waals surface area contributed by atoms with Gasteiger partial charge in [0.2, 0.25) is 5.13 Å². The minimum absolute atomic E-state index is 0.172. The molecule has 0 atom stereocenters. The van der Waals surface area contributed by atoms with Gasteiger partial charge in [0, 0.05) is 15.8 Å². The van der Waals surface area contributed by atoms with E-state index in [9.17, 15) is 5.11 Å². The first kappa shape index (κ1) is 16.4. The van der Waals surface area contributed by atoms with Crippen LogP contribution in [0.15, 0.2) is 57.8 Å². The molecule has 24 heavy (non-hydrogen) atoms. The normalized spacial score (nSPS) is 11.0. The van der Waals surface area contributed by atoms with Gasteiger partial charge in [0.05, 0.1) is 6.21 Å². The molecule has 0 saturated heterocycles. The molecule has 0 saturated carbocycles.